The molecule has 1 aromatic carbocycles. The molecule has 0 N–H and O–H groups in total. The Morgan fingerprint density at radius 2 is 1.91 bits per heavy atom. The molecule has 1 aromatic heterocycles. The maximum Gasteiger partial charge on any atom is 0.254 e. The van der Waals surface area contributed by atoms with E-state index in [0.717, 1.165) is 58.2 Å². The maximum atomic E-state index is 13.2. The molecule has 0 aliphatic carbocycles. The van der Waals surface area contributed by atoms with Crippen molar-refractivity contribution in [3.63, 3.8) is 0 Å². The number of nitrogens with zero attached hydrogens (tertiary/aromatic N) is 1. The normalized spacial score (nSPS) is 10.6. The van der Waals surface area contributed by atoms with Gasteiger partial charge in [-0.25, -0.2) is 0 Å². The summed E-state index contributed by atoms with van der Waals surface area (Å²) in [6, 6.07) is 4.19. The van der Waals surface area contributed by atoms with Gasteiger partial charge in [-0.05, 0) is 48.1 Å². The Balaban J connectivity index is 0.00000133. The van der Waals surface area contributed by atoms with Crippen molar-refractivity contribution in [2.45, 2.75) is 66.2 Å². The quantitative estimate of drug-likeness (QED) is 0.315. The van der Waals surface area contributed by atoms with Crippen LogP contribution in [0, 0.1) is 31.1 Å². The van der Waals surface area contributed by atoms with E-state index in [9.17, 15) is 4.79 Å². The van der Waals surface area contributed by atoms with Gasteiger partial charge in [-0.2, -0.15) is 0 Å². The van der Waals surface area contributed by atoms with E-state index in [-0.39, 0.29) is 5.56 Å². The monoisotopic (exact) mass is 457 g/mol. The molecule has 0 fully saturated rings. The second-order valence-corrected chi connectivity index (χ2v) is 8.34. The number of aryl methyl sites for hydroxylation is 2. The van der Waals surface area contributed by atoms with Gasteiger partial charge >= 0.3 is 0 Å². The summed E-state index contributed by atoms with van der Waals surface area (Å²) in [6.07, 6.45) is 13.4. The number of pyridine rings is 1. The van der Waals surface area contributed by atoms with Crippen LogP contribution < -0.4 is 10.3 Å². The predicted molar refractivity (Wildman–Crippen MR) is 147 cm³/mol. The van der Waals surface area contributed by atoms with Crippen molar-refractivity contribution >= 4 is 10.9 Å². The summed E-state index contributed by atoms with van der Waals surface area (Å²) < 4.78 is 7.86. The van der Waals surface area contributed by atoms with E-state index in [0.29, 0.717) is 18.9 Å². The van der Waals surface area contributed by atoms with E-state index in [2.05, 4.69) is 63.8 Å². The topological polar surface area (TPSA) is 31.2 Å². The lowest BCUT2D eigenvalue weighted by atomic mass is 9.94. The van der Waals surface area contributed by atoms with Crippen molar-refractivity contribution in [1.82, 2.24) is 4.57 Å². The number of ether oxygens (including phenoxy) is 1. The Labute approximate surface area is 206 Å². The molecule has 0 amide bonds. The number of hydrogen-bond donors (Lipinski definition) is 0. The SMILES string of the molecule is C#CCC.C=C/C=C(\C=C)Cc1c(C)c2c(OCC#CCCC)cc(C(C)C)cc2n(C)c1=O. The van der Waals surface area contributed by atoms with Crippen LogP contribution in [0.25, 0.3) is 10.9 Å². The molecule has 0 aliphatic heterocycles. The molecule has 2 rings (SSSR count). The second-order valence-electron chi connectivity index (χ2n) is 8.34. The molecule has 0 radical (unpaired) electrons. The van der Waals surface area contributed by atoms with E-state index in [1.165, 1.54) is 0 Å². The maximum absolute atomic E-state index is 13.2. The van der Waals surface area contributed by atoms with Gasteiger partial charge in [-0.3, -0.25) is 4.79 Å². The summed E-state index contributed by atoms with van der Waals surface area (Å²) in [4.78, 5) is 13.2. The summed E-state index contributed by atoms with van der Waals surface area (Å²) in [5.74, 6) is 9.75. The average Bonchev–Trinajstić information content (AvgIpc) is 2.83. The number of hydrogen-bond acceptors (Lipinski definition) is 2. The molecule has 0 aliphatic rings. The Hall–Kier alpha value is -3.43. The number of aromatic nitrogens is 1. The standard InChI is InChI=1S/C27H33NO2.C4H6/c1-8-11-12-13-15-30-25-18-22(19(4)5)17-24-26(25)20(6)23(27(29)28(24)7)16-21(10-3)14-9-2;1-3-4-2/h9-10,14,17-19H,2-3,8,11,15-16H2,1,4-7H3;1H,4H2,2H3/b21-14+;. The Morgan fingerprint density at radius 1 is 1.24 bits per heavy atom. The van der Waals surface area contributed by atoms with Crippen molar-refractivity contribution < 1.29 is 4.74 Å². The highest BCUT2D eigenvalue weighted by molar-refractivity contribution is 5.90. The van der Waals surface area contributed by atoms with Crippen LogP contribution in [0.15, 0.2) is 53.9 Å². The molecule has 0 spiro atoms. The van der Waals surface area contributed by atoms with Gasteiger partial charge in [0.2, 0.25) is 0 Å². The summed E-state index contributed by atoms with van der Waals surface area (Å²) in [7, 11) is 1.83. The molecule has 0 bridgehead atoms. The van der Waals surface area contributed by atoms with Crippen LogP contribution in [0.2, 0.25) is 0 Å². The van der Waals surface area contributed by atoms with Gasteiger partial charge in [-0.1, -0.05) is 70.9 Å². The van der Waals surface area contributed by atoms with Crippen LogP contribution in [0.5, 0.6) is 5.75 Å². The molecule has 0 atom stereocenters. The van der Waals surface area contributed by atoms with E-state index < -0.39 is 0 Å². The lowest BCUT2D eigenvalue weighted by Gasteiger charge is -2.19. The van der Waals surface area contributed by atoms with Crippen LogP contribution in [0.1, 0.15) is 69.6 Å². The van der Waals surface area contributed by atoms with E-state index in [1.807, 2.05) is 27.0 Å². The number of rotatable bonds is 8. The Morgan fingerprint density at radius 3 is 2.44 bits per heavy atom. The lowest BCUT2D eigenvalue weighted by Crippen LogP contribution is -2.24. The highest BCUT2D eigenvalue weighted by Gasteiger charge is 2.18. The third-order valence-electron chi connectivity index (χ3n) is 5.50. The molecule has 180 valence electrons. The smallest absolute Gasteiger partial charge is 0.254 e. The van der Waals surface area contributed by atoms with Gasteiger partial charge in [0, 0.05) is 37.3 Å². The van der Waals surface area contributed by atoms with Crippen LogP contribution in [-0.4, -0.2) is 11.2 Å². The van der Waals surface area contributed by atoms with Crippen molar-refractivity contribution in [3.8, 4) is 29.9 Å². The molecule has 0 unspecified atom stereocenters. The first-order chi connectivity index (χ1) is 16.3. The number of benzene rings is 1. The first-order valence-corrected chi connectivity index (χ1v) is 11.9. The molecule has 0 saturated carbocycles. The fourth-order valence-corrected chi connectivity index (χ4v) is 3.47. The third-order valence-corrected chi connectivity index (χ3v) is 5.50. The van der Waals surface area contributed by atoms with Crippen molar-refractivity contribution in [2.75, 3.05) is 6.61 Å². The van der Waals surface area contributed by atoms with Crippen molar-refractivity contribution in [2.24, 2.45) is 7.05 Å². The minimum Gasteiger partial charge on any atom is -0.480 e. The summed E-state index contributed by atoms with van der Waals surface area (Å²) in [5.41, 5.74) is 4.67. The predicted octanol–water partition coefficient (Wildman–Crippen LogP) is 7.02. The molecular formula is C31H39NO2. The fraction of sp³-hybridized carbons (Fsp3) is 0.387. The number of terminal acetylenes is 1. The van der Waals surface area contributed by atoms with Gasteiger partial charge in [-0.15, -0.1) is 12.3 Å². The molecule has 34 heavy (non-hydrogen) atoms. The minimum atomic E-state index is 0.00593. The van der Waals surface area contributed by atoms with Gasteiger partial charge in [0.1, 0.15) is 12.4 Å². The zero-order chi connectivity index (χ0) is 25.7. The fourth-order valence-electron chi connectivity index (χ4n) is 3.47. The first kappa shape index (κ1) is 28.6. The van der Waals surface area contributed by atoms with E-state index in [4.69, 9.17) is 11.2 Å². The largest absolute Gasteiger partial charge is 0.480 e. The van der Waals surface area contributed by atoms with Gasteiger partial charge in [0.05, 0.1) is 5.52 Å². The molecule has 0 saturated heterocycles. The second kappa shape index (κ2) is 14.7. The van der Waals surface area contributed by atoms with Crippen molar-refractivity contribution in [3.05, 3.63) is 76.1 Å². The van der Waals surface area contributed by atoms with Gasteiger partial charge in [0.15, 0.2) is 0 Å². The van der Waals surface area contributed by atoms with Crippen LogP contribution in [-0.2, 0) is 13.5 Å². The van der Waals surface area contributed by atoms with Crippen molar-refractivity contribution in [1.29, 1.82) is 0 Å². The first-order valence-electron chi connectivity index (χ1n) is 11.9. The van der Waals surface area contributed by atoms with Gasteiger partial charge < -0.3 is 9.30 Å². The van der Waals surface area contributed by atoms with Crippen LogP contribution in [0.4, 0.5) is 0 Å². The molecule has 3 heteroatoms. The minimum absolute atomic E-state index is 0.00593. The third kappa shape index (κ3) is 7.57. The number of allylic oxidation sites excluding steroid dienone is 4. The zero-order valence-corrected chi connectivity index (χ0v) is 21.8. The lowest BCUT2D eigenvalue weighted by molar-refractivity contribution is 0.373. The van der Waals surface area contributed by atoms with Crippen LogP contribution in [0.3, 0.4) is 0 Å². The summed E-state index contributed by atoms with van der Waals surface area (Å²) in [5, 5.41) is 0.968. The highest BCUT2D eigenvalue weighted by atomic mass is 16.5. The Bertz CT molecular complexity index is 1190. The zero-order valence-electron chi connectivity index (χ0n) is 21.8. The molecule has 3 nitrogen and oxygen atoms in total. The summed E-state index contributed by atoms with van der Waals surface area (Å²) in [6.45, 7) is 18.3. The average molecular weight is 458 g/mol. The molecular weight excluding hydrogens is 418 g/mol. The number of fused-ring (bicyclic) bond motifs is 1. The number of unbranched alkanes of at least 4 members (excludes halogenated alkanes) is 1. The van der Waals surface area contributed by atoms with Crippen LogP contribution >= 0.6 is 0 Å². The van der Waals surface area contributed by atoms with E-state index >= 15 is 0 Å². The highest BCUT2D eigenvalue weighted by Crippen LogP contribution is 2.33. The summed E-state index contributed by atoms with van der Waals surface area (Å²) >= 11 is 0. The molecule has 2 aromatic rings. The van der Waals surface area contributed by atoms with Gasteiger partial charge in [0.25, 0.3) is 5.56 Å². The Kier molecular flexibility index (Phi) is 12.3. The molecule has 1 heterocycles. The van der Waals surface area contributed by atoms with E-state index in [1.54, 1.807) is 16.7 Å².